The van der Waals surface area contributed by atoms with Crippen molar-refractivity contribution in [2.24, 2.45) is 0 Å². The number of halogens is 1. The van der Waals surface area contributed by atoms with Gasteiger partial charge in [0.2, 0.25) is 5.91 Å². The SMILES string of the molecule is CCCCCn1c(SCC(=O)Nc2cc(C)on2)nc2cc(Cl)ccc2c1=O. The molecule has 0 aliphatic rings. The van der Waals surface area contributed by atoms with Crippen LogP contribution in [0.5, 0.6) is 0 Å². The second-order valence-electron chi connectivity index (χ2n) is 6.38. The molecule has 1 aromatic carbocycles. The Balaban J connectivity index is 1.83. The lowest BCUT2D eigenvalue weighted by Crippen LogP contribution is -2.24. The fraction of sp³-hybridized carbons (Fsp3) is 0.368. The Morgan fingerprint density at radius 2 is 2.14 bits per heavy atom. The molecule has 0 bridgehead atoms. The summed E-state index contributed by atoms with van der Waals surface area (Å²) in [6.07, 6.45) is 2.93. The van der Waals surface area contributed by atoms with Crippen molar-refractivity contribution in [3.05, 3.63) is 45.4 Å². The maximum atomic E-state index is 12.9. The molecule has 0 saturated heterocycles. The number of unbranched alkanes of at least 4 members (excludes halogenated alkanes) is 2. The van der Waals surface area contributed by atoms with E-state index in [2.05, 4.69) is 22.4 Å². The van der Waals surface area contributed by atoms with Crippen LogP contribution in [0.1, 0.15) is 31.9 Å². The number of benzene rings is 1. The number of carbonyl (C=O) groups is 1. The molecular weight excluding hydrogens is 400 g/mol. The molecule has 0 atom stereocenters. The number of nitrogens with zero attached hydrogens (tertiary/aromatic N) is 3. The van der Waals surface area contributed by atoms with Gasteiger partial charge in [0.25, 0.3) is 5.56 Å². The summed E-state index contributed by atoms with van der Waals surface area (Å²) in [6.45, 7) is 4.41. The number of aromatic nitrogens is 3. The second kappa shape index (κ2) is 9.25. The van der Waals surface area contributed by atoms with Crippen molar-refractivity contribution in [2.75, 3.05) is 11.1 Å². The average molecular weight is 421 g/mol. The van der Waals surface area contributed by atoms with Gasteiger partial charge in [-0.15, -0.1) is 0 Å². The minimum Gasteiger partial charge on any atom is -0.360 e. The first-order chi connectivity index (χ1) is 13.5. The monoisotopic (exact) mass is 420 g/mol. The lowest BCUT2D eigenvalue weighted by molar-refractivity contribution is -0.113. The molecular formula is C19H21ClN4O3S. The highest BCUT2D eigenvalue weighted by molar-refractivity contribution is 7.99. The van der Waals surface area contributed by atoms with Crippen LogP contribution in [0.25, 0.3) is 10.9 Å². The lowest BCUT2D eigenvalue weighted by atomic mass is 10.2. The normalized spacial score (nSPS) is 11.1. The van der Waals surface area contributed by atoms with E-state index in [0.29, 0.717) is 39.2 Å². The van der Waals surface area contributed by atoms with Crippen LogP contribution in [-0.4, -0.2) is 26.4 Å². The first kappa shape index (κ1) is 20.4. The van der Waals surface area contributed by atoms with Crippen LogP contribution < -0.4 is 10.9 Å². The maximum absolute atomic E-state index is 12.9. The van der Waals surface area contributed by atoms with Crippen LogP contribution in [0.4, 0.5) is 5.82 Å². The van der Waals surface area contributed by atoms with Gasteiger partial charge in [-0.05, 0) is 31.5 Å². The smallest absolute Gasteiger partial charge is 0.262 e. The van der Waals surface area contributed by atoms with E-state index in [-0.39, 0.29) is 17.2 Å². The first-order valence-corrected chi connectivity index (χ1v) is 10.4. The Hall–Kier alpha value is -2.32. The summed E-state index contributed by atoms with van der Waals surface area (Å²) >= 11 is 7.26. The Morgan fingerprint density at radius 3 is 2.86 bits per heavy atom. The largest absolute Gasteiger partial charge is 0.360 e. The van der Waals surface area contributed by atoms with Gasteiger partial charge in [0.05, 0.1) is 16.7 Å². The number of nitrogens with one attached hydrogen (secondary N) is 1. The van der Waals surface area contributed by atoms with Gasteiger partial charge >= 0.3 is 0 Å². The highest BCUT2D eigenvalue weighted by atomic mass is 35.5. The maximum Gasteiger partial charge on any atom is 0.262 e. The summed E-state index contributed by atoms with van der Waals surface area (Å²) in [7, 11) is 0. The number of carbonyl (C=O) groups excluding carboxylic acids is 1. The van der Waals surface area contributed by atoms with E-state index in [1.54, 1.807) is 35.8 Å². The van der Waals surface area contributed by atoms with Crippen molar-refractivity contribution in [3.63, 3.8) is 0 Å². The number of anilines is 1. The summed E-state index contributed by atoms with van der Waals surface area (Å²) in [5.41, 5.74) is 0.409. The molecule has 2 aromatic heterocycles. The van der Waals surface area contributed by atoms with Gasteiger partial charge < -0.3 is 9.84 Å². The summed E-state index contributed by atoms with van der Waals surface area (Å²) in [6, 6.07) is 6.68. The van der Waals surface area contributed by atoms with Gasteiger partial charge in [0, 0.05) is 17.6 Å². The second-order valence-corrected chi connectivity index (χ2v) is 7.76. The number of rotatable bonds is 8. The van der Waals surface area contributed by atoms with Crippen LogP contribution in [0.2, 0.25) is 5.02 Å². The third kappa shape index (κ3) is 4.94. The minimum atomic E-state index is -0.251. The molecule has 1 amide bonds. The third-order valence-corrected chi connectivity index (χ3v) is 5.31. The molecule has 0 unspecified atom stereocenters. The zero-order valence-corrected chi connectivity index (χ0v) is 17.3. The molecule has 28 heavy (non-hydrogen) atoms. The van der Waals surface area contributed by atoms with Crippen LogP contribution >= 0.6 is 23.4 Å². The molecule has 148 valence electrons. The Kier molecular flexibility index (Phi) is 6.74. The van der Waals surface area contributed by atoms with E-state index < -0.39 is 0 Å². The van der Waals surface area contributed by atoms with Crippen molar-refractivity contribution in [3.8, 4) is 0 Å². The number of thioether (sulfide) groups is 1. The Bertz CT molecular complexity index is 1050. The summed E-state index contributed by atoms with van der Waals surface area (Å²) in [5, 5.41) is 7.94. The van der Waals surface area contributed by atoms with E-state index in [4.69, 9.17) is 16.1 Å². The van der Waals surface area contributed by atoms with Crippen molar-refractivity contribution in [1.82, 2.24) is 14.7 Å². The van der Waals surface area contributed by atoms with E-state index >= 15 is 0 Å². The lowest BCUT2D eigenvalue weighted by Gasteiger charge is -2.13. The van der Waals surface area contributed by atoms with Gasteiger partial charge in [0.1, 0.15) is 5.76 Å². The van der Waals surface area contributed by atoms with Crippen LogP contribution in [0.15, 0.2) is 38.7 Å². The van der Waals surface area contributed by atoms with E-state index in [0.717, 1.165) is 19.3 Å². The molecule has 2 heterocycles. The number of hydrogen-bond donors (Lipinski definition) is 1. The predicted octanol–water partition coefficient (Wildman–Crippen LogP) is 4.27. The van der Waals surface area contributed by atoms with E-state index in [9.17, 15) is 9.59 Å². The zero-order chi connectivity index (χ0) is 20.1. The molecule has 0 radical (unpaired) electrons. The molecule has 7 nitrogen and oxygen atoms in total. The van der Waals surface area contributed by atoms with Gasteiger partial charge in [-0.1, -0.05) is 48.3 Å². The van der Waals surface area contributed by atoms with Gasteiger partial charge in [-0.25, -0.2) is 4.98 Å². The highest BCUT2D eigenvalue weighted by Crippen LogP contribution is 2.21. The van der Waals surface area contributed by atoms with Crippen LogP contribution in [0.3, 0.4) is 0 Å². The number of aryl methyl sites for hydroxylation is 1. The van der Waals surface area contributed by atoms with Gasteiger partial charge in [-0.2, -0.15) is 0 Å². The number of fused-ring (bicyclic) bond motifs is 1. The summed E-state index contributed by atoms with van der Waals surface area (Å²) in [4.78, 5) is 29.7. The fourth-order valence-corrected chi connectivity index (χ4v) is 3.73. The van der Waals surface area contributed by atoms with Crippen molar-refractivity contribution < 1.29 is 9.32 Å². The van der Waals surface area contributed by atoms with Crippen LogP contribution in [0, 0.1) is 6.92 Å². The average Bonchev–Trinajstić information content (AvgIpc) is 3.06. The first-order valence-electron chi connectivity index (χ1n) is 9.04. The van der Waals surface area contributed by atoms with Crippen LogP contribution in [-0.2, 0) is 11.3 Å². The minimum absolute atomic E-state index is 0.0954. The van der Waals surface area contributed by atoms with Crippen molar-refractivity contribution in [2.45, 2.75) is 44.8 Å². The molecule has 1 N–H and O–H groups in total. The van der Waals surface area contributed by atoms with Gasteiger partial charge in [-0.3, -0.25) is 14.2 Å². The topological polar surface area (TPSA) is 90.0 Å². The summed E-state index contributed by atoms with van der Waals surface area (Å²) in [5.74, 6) is 0.819. The molecule has 0 aliphatic heterocycles. The molecule has 0 spiro atoms. The molecule has 3 aromatic rings. The molecule has 9 heteroatoms. The highest BCUT2D eigenvalue weighted by Gasteiger charge is 2.14. The molecule has 3 rings (SSSR count). The van der Waals surface area contributed by atoms with Crippen molar-refractivity contribution in [1.29, 1.82) is 0 Å². The quantitative estimate of drug-likeness (QED) is 0.332. The van der Waals surface area contributed by atoms with Crippen molar-refractivity contribution >= 4 is 46.0 Å². The predicted molar refractivity (Wildman–Crippen MR) is 111 cm³/mol. The molecule has 0 saturated carbocycles. The standard InChI is InChI=1S/C19H21ClN4O3S/c1-3-4-5-8-24-18(26)14-7-6-13(20)10-15(14)21-19(24)28-11-17(25)22-16-9-12(2)27-23-16/h6-7,9-10H,3-5,8,11H2,1-2H3,(H,22,23,25). The summed E-state index contributed by atoms with van der Waals surface area (Å²) < 4.78 is 6.58. The molecule has 0 aliphatic carbocycles. The van der Waals surface area contributed by atoms with E-state index in [1.807, 2.05) is 0 Å². The number of hydrogen-bond acceptors (Lipinski definition) is 6. The zero-order valence-electron chi connectivity index (χ0n) is 15.7. The Morgan fingerprint density at radius 1 is 1.32 bits per heavy atom. The molecule has 0 fully saturated rings. The fourth-order valence-electron chi connectivity index (χ4n) is 2.74. The van der Waals surface area contributed by atoms with Gasteiger partial charge in [0.15, 0.2) is 11.0 Å². The van der Waals surface area contributed by atoms with E-state index in [1.165, 1.54) is 11.8 Å². The Labute approximate surface area is 171 Å². The number of amides is 1. The third-order valence-electron chi connectivity index (χ3n) is 4.10.